The number of alkyl halides is 1. The van der Waals surface area contributed by atoms with Crippen LogP contribution in [0, 0.1) is 11.8 Å². The van der Waals surface area contributed by atoms with Crippen molar-refractivity contribution in [3.05, 3.63) is 0 Å². The maximum absolute atomic E-state index is 12.0. The molecule has 100 valence electrons. The van der Waals surface area contributed by atoms with Crippen molar-refractivity contribution in [3.63, 3.8) is 0 Å². The van der Waals surface area contributed by atoms with Gasteiger partial charge in [-0.1, -0.05) is 33.1 Å². The fourth-order valence-electron chi connectivity index (χ4n) is 2.57. The molecule has 0 bridgehead atoms. The molecule has 0 aromatic rings. The van der Waals surface area contributed by atoms with Gasteiger partial charge < -0.3 is 5.32 Å². The third kappa shape index (κ3) is 4.87. The van der Waals surface area contributed by atoms with Crippen LogP contribution in [0.5, 0.6) is 0 Å². The number of nitrogens with one attached hydrogen (secondary N) is 1. The lowest BCUT2D eigenvalue weighted by atomic mass is 9.98. The van der Waals surface area contributed by atoms with Gasteiger partial charge in [0.05, 0.1) is 0 Å². The van der Waals surface area contributed by atoms with Crippen molar-refractivity contribution in [2.75, 3.05) is 6.54 Å². The van der Waals surface area contributed by atoms with Gasteiger partial charge in [0, 0.05) is 17.8 Å². The molecular formula is C14H26ClNO. The zero-order chi connectivity index (χ0) is 12.7. The number of rotatable bonds is 7. The van der Waals surface area contributed by atoms with Gasteiger partial charge in [-0.05, 0) is 31.6 Å². The molecule has 0 heterocycles. The van der Waals surface area contributed by atoms with Crippen molar-refractivity contribution in [2.24, 2.45) is 11.8 Å². The van der Waals surface area contributed by atoms with Gasteiger partial charge in [-0.2, -0.15) is 0 Å². The molecule has 0 aromatic heterocycles. The highest BCUT2D eigenvalue weighted by molar-refractivity contribution is 6.20. The Hall–Kier alpha value is -0.240. The van der Waals surface area contributed by atoms with Crippen molar-refractivity contribution >= 4 is 17.5 Å². The molecule has 1 aliphatic rings. The second kappa shape index (κ2) is 7.97. The van der Waals surface area contributed by atoms with Crippen LogP contribution in [-0.2, 0) is 4.79 Å². The van der Waals surface area contributed by atoms with E-state index in [1.807, 2.05) is 0 Å². The first-order valence-electron chi connectivity index (χ1n) is 7.10. The molecule has 0 spiro atoms. The zero-order valence-corrected chi connectivity index (χ0v) is 11.9. The molecular weight excluding hydrogens is 234 g/mol. The maximum Gasteiger partial charge on any atom is 0.223 e. The SMILES string of the molecule is CCCCC(CC)C(=O)NCC1CCCC1Cl. The summed E-state index contributed by atoms with van der Waals surface area (Å²) in [4.78, 5) is 12.0. The number of amides is 1. The molecule has 3 heteroatoms. The Morgan fingerprint density at radius 2 is 2.18 bits per heavy atom. The van der Waals surface area contributed by atoms with Gasteiger partial charge in [0.15, 0.2) is 0 Å². The largest absolute Gasteiger partial charge is 0.356 e. The second-order valence-electron chi connectivity index (χ2n) is 5.20. The summed E-state index contributed by atoms with van der Waals surface area (Å²) in [6.45, 7) is 5.04. The number of carbonyl (C=O) groups excluding carboxylic acids is 1. The van der Waals surface area contributed by atoms with E-state index in [1.165, 1.54) is 12.8 Å². The molecule has 1 amide bonds. The van der Waals surface area contributed by atoms with Crippen LogP contribution in [0.2, 0.25) is 0 Å². The topological polar surface area (TPSA) is 29.1 Å². The van der Waals surface area contributed by atoms with Gasteiger partial charge >= 0.3 is 0 Å². The monoisotopic (exact) mass is 259 g/mol. The smallest absolute Gasteiger partial charge is 0.223 e. The molecule has 3 atom stereocenters. The highest BCUT2D eigenvalue weighted by Gasteiger charge is 2.26. The summed E-state index contributed by atoms with van der Waals surface area (Å²) < 4.78 is 0. The van der Waals surface area contributed by atoms with Crippen molar-refractivity contribution in [3.8, 4) is 0 Å². The van der Waals surface area contributed by atoms with E-state index in [9.17, 15) is 4.79 Å². The average Bonchev–Trinajstić information content (AvgIpc) is 2.73. The van der Waals surface area contributed by atoms with Crippen LogP contribution in [-0.4, -0.2) is 17.8 Å². The van der Waals surface area contributed by atoms with Gasteiger partial charge in [-0.3, -0.25) is 4.79 Å². The second-order valence-corrected chi connectivity index (χ2v) is 5.76. The van der Waals surface area contributed by atoms with Crippen LogP contribution in [0.25, 0.3) is 0 Å². The highest BCUT2D eigenvalue weighted by atomic mass is 35.5. The molecule has 1 saturated carbocycles. The Morgan fingerprint density at radius 1 is 1.41 bits per heavy atom. The van der Waals surface area contributed by atoms with Crippen molar-refractivity contribution in [1.29, 1.82) is 0 Å². The standard InChI is InChI=1S/C14H26ClNO/c1-3-5-7-11(4-2)14(17)16-10-12-8-6-9-13(12)15/h11-13H,3-10H2,1-2H3,(H,16,17). The maximum atomic E-state index is 12.0. The van der Waals surface area contributed by atoms with E-state index in [4.69, 9.17) is 11.6 Å². The predicted octanol–water partition coefficient (Wildman–Crippen LogP) is 3.73. The molecule has 1 rings (SSSR count). The summed E-state index contributed by atoms with van der Waals surface area (Å²) in [5, 5.41) is 3.36. The van der Waals surface area contributed by atoms with E-state index in [-0.39, 0.29) is 17.2 Å². The summed E-state index contributed by atoms with van der Waals surface area (Å²) >= 11 is 6.21. The average molecular weight is 260 g/mol. The molecule has 1 aliphatic carbocycles. The normalized spacial score (nSPS) is 25.8. The number of halogens is 1. The third-order valence-electron chi connectivity index (χ3n) is 3.87. The molecule has 1 fully saturated rings. The first-order chi connectivity index (χ1) is 8.19. The summed E-state index contributed by atoms with van der Waals surface area (Å²) in [6.07, 6.45) is 7.76. The minimum atomic E-state index is 0.199. The molecule has 0 aliphatic heterocycles. The molecule has 17 heavy (non-hydrogen) atoms. The summed E-state index contributed by atoms with van der Waals surface area (Å²) in [6, 6.07) is 0. The van der Waals surface area contributed by atoms with Crippen LogP contribution < -0.4 is 5.32 Å². The van der Waals surface area contributed by atoms with E-state index in [2.05, 4.69) is 19.2 Å². The summed E-state index contributed by atoms with van der Waals surface area (Å²) in [5.74, 6) is 0.922. The lowest BCUT2D eigenvalue weighted by Crippen LogP contribution is -2.35. The third-order valence-corrected chi connectivity index (χ3v) is 4.45. The molecule has 3 unspecified atom stereocenters. The summed E-state index contributed by atoms with van der Waals surface area (Å²) in [7, 11) is 0. The minimum Gasteiger partial charge on any atom is -0.356 e. The summed E-state index contributed by atoms with van der Waals surface area (Å²) in [5.41, 5.74) is 0. The van der Waals surface area contributed by atoms with Gasteiger partial charge in [0.25, 0.3) is 0 Å². The fourth-order valence-corrected chi connectivity index (χ4v) is 2.94. The van der Waals surface area contributed by atoms with Crippen molar-refractivity contribution in [2.45, 2.75) is 64.2 Å². The fraction of sp³-hybridized carbons (Fsp3) is 0.929. The van der Waals surface area contributed by atoms with E-state index in [0.29, 0.717) is 5.92 Å². The Balaban J connectivity index is 2.26. The molecule has 0 aromatic carbocycles. The molecule has 1 N–H and O–H groups in total. The quantitative estimate of drug-likeness (QED) is 0.694. The number of unbranched alkanes of at least 4 members (excludes halogenated alkanes) is 1. The lowest BCUT2D eigenvalue weighted by Gasteiger charge is -2.18. The van der Waals surface area contributed by atoms with Crippen LogP contribution in [0.4, 0.5) is 0 Å². The van der Waals surface area contributed by atoms with Crippen LogP contribution >= 0.6 is 11.6 Å². The Labute approximate surface area is 110 Å². The number of hydrogen-bond donors (Lipinski definition) is 1. The van der Waals surface area contributed by atoms with Crippen molar-refractivity contribution in [1.82, 2.24) is 5.32 Å². The van der Waals surface area contributed by atoms with Crippen molar-refractivity contribution < 1.29 is 4.79 Å². The first kappa shape index (κ1) is 14.8. The van der Waals surface area contributed by atoms with Gasteiger partial charge in [-0.15, -0.1) is 11.6 Å². The molecule has 0 saturated heterocycles. The van der Waals surface area contributed by atoms with Gasteiger partial charge in [-0.25, -0.2) is 0 Å². The van der Waals surface area contributed by atoms with E-state index >= 15 is 0 Å². The number of hydrogen-bond acceptors (Lipinski definition) is 1. The van der Waals surface area contributed by atoms with Gasteiger partial charge in [0.2, 0.25) is 5.91 Å². The van der Waals surface area contributed by atoms with E-state index < -0.39 is 0 Å². The minimum absolute atomic E-state index is 0.199. The Bertz CT molecular complexity index is 232. The van der Waals surface area contributed by atoms with Crippen LogP contribution in [0.3, 0.4) is 0 Å². The molecule has 2 nitrogen and oxygen atoms in total. The molecule has 0 radical (unpaired) electrons. The lowest BCUT2D eigenvalue weighted by molar-refractivity contribution is -0.125. The van der Waals surface area contributed by atoms with Gasteiger partial charge in [0.1, 0.15) is 0 Å². The van der Waals surface area contributed by atoms with E-state index in [0.717, 1.165) is 38.6 Å². The first-order valence-corrected chi connectivity index (χ1v) is 7.54. The number of carbonyl (C=O) groups is 1. The van der Waals surface area contributed by atoms with E-state index in [1.54, 1.807) is 0 Å². The predicted molar refractivity (Wildman–Crippen MR) is 73.3 cm³/mol. The van der Waals surface area contributed by atoms with Crippen LogP contribution in [0.1, 0.15) is 58.8 Å². The van der Waals surface area contributed by atoms with Crippen LogP contribution in [0.15, 0.2) is 0 Å². The zero-order valence-electron chi connectivity index (χ0n) is 11.2. The Morgan fingerprint density at radius 3 is 2.71 bits per heavy atom. The Kier molecular flexibility index (Phi) is 6.94. The highest BCUT2D eigenvalue weighted by Crippen LogP contribution is 2.29.